The first-order valence-corrected chi connectivity index (χ1v) is 7.73. The molecule has 0 saturated heterocycles. The van der Waals surface area contributed by atoms with E-state index in [0.717, 1.165) is 0 Å². The highest BCUT2D eigenvalue weighted by molar-refractivity contribution is 7.14. The summed E-state index contributed by atoms with van der Waals surface area (Å²) < 4.78 is 5.28. The number of rotatable bonds is 3. The molecule has 0 aliphatic rings. The van der Waals surface area contributed by atoms with E-state index in [-0.39, 0.29) is 5.69 Å². The van der Waals surface area contributed by atoms with Crippen LogP contribution in [0.2, 0.25) is 0 Å². The van der Waals surface area contributed by atoms with Gasteiger partial charge in [-0.15, -0.1) is 11.3 Å². The van der Waals surface area contributed by atoms with Crippen LogP contribution in [0.5, 0.6) is 0 Å². The molecular formula is C15H17N3O4S. The fourth-order valence-corrected chi connectivity index (χ4v) is 2.58. The number of nitrogens with zero attached hydrogens (tertiary/aromatic N) is 3. The Morgan fingerprint density at radius 2 is 2.00 bits per heavy atom. The van der Waals surface area contributed by atoms with Crippen LogP contribution >= 0.6 is 11.3 Å². The number of thiazole rings is 1. The van der Waals surface area contributed by atoms with Gasteiger partial charge in [-0.25, -0.2) is 9.78 Å². The summed E-state index contributed by atoms with van der Waals surface area (Å²) in [6.45, 7) is 5.33. The van der Waals surface area contributed by atoms with E-state index in [0.29, 0.717) is 16.4 Å². The predicted molar refractivity (Wildman–Crippen MR) is 88.8 cm³/mol. The third-order valence-electron chi connectivity index (χ3n) is 2.82. The van der Waals surface area contributed by atoms with Crippen LogP contribution in [0.1, 0.15) is 20.8 Å². The number of anilines is 1. The summed E-state index contributed by atoms with van der Waals surface area (Å²) in [6, 6.07) is 6.36. The number of carbonyl (C=O) groups is 1. The minimum Gasteiger partial charge on any atom is -0.443 e. The molecule has 2 aromatic rings. The molecule has 0 aliphatic carbocycles. The first kappa shape index (κ1) is 16.9. The number of ether oxygens (including phenoxy) is 1. The van der Waals surface area contributed by atoms with Crippen molar-refractivity contribution >= 4 is 28.2 Å². The van der Waals surface area contributed by atoms with Crippen LogP contribution in [0.4, 0.5) is 15.6 Å². The molecule has 0 radical (unpaired) electrons. The average molecular weight is 335 g/mol. The number of benzene rings is 1. The second-order valence-corrected chi connectivity index (χ2v) is 6.67. The quantitative estimate of drug-likeness (QED) is 0.623. The summed E-state index contributed by atoms with van der Waals surface area (Å²) in [6.07, 6.45) is -0.527. The number of hydrogen-bond donors (Lipinski definition) is 0. The van der Waals surface area contributed by atoms with Gasteiger partial charge in [0.15, 0.2) is 5.13 Å². The van der Waals surface area contributed by atoms with E-state index in [2.05, 4.69) is 4.98 Å². The molecule has 1 aromatic heterocycles. The second-order valence-electron chi connectivity index (χ2n) is 5.83. The van der Waals surface area contributed by atoms with Gasteiger partial charge in [0.2, 0.25) is 0 Å². The summed E-state index contributed by atoms with van der Waals surface area (Å²) in [5.74, 6) is 0. The molecule has 0 unspecified atom stereocenters. The summed E-state index contributed by atoms with van der Waals surface area (Å²) in [5, 5.41) is 13.2. The van der Waals surface area contributed by atoms with Gasteiger partial charge in [0, 0.05) is 18.5 Å². The summed E-state index contributed by atoms with van der Waals surface area (Å²) in [4.78, 5) is 28.3. The van der Waals surface area contributed by atoms with Crippen LogP contribution in [0.25, 0.3) is 11.3 Å². The molecule has 1 aromatic carbocycles. The lowest BCUT2D eigenvalue weighted by molar-refractivity contribution is -0.384. The van der Waals surface area contributed by atoms with Crippen molar-refractivity contribution in [2.75, 3.05) is 11.9 Å². The molecular weight excluding hydrogens is 318 g/mol. The number of carbonyl (C=O) groups excluding carboxylic acids is 1. The zero-order valence-corrected chi connectivity index (χ0v) is 14.1. The predicted octanol–water partition coefficient (Wildman–Crippen LogP) is 4.09. The van der Waals surface area contributed by atoms with Crippen molar-refractivity contribution in [3.8, 4) is 11.3 Å². The summed E-state index contributed by atoms with van der Waals surface area (Å²) >= 11 is 1.22. The topological polar surface area (TPSA) is 85.6 Å². The Kier molecular flexibility index (Phi) is 4.65. The molecule has 23 heavy (non-hydrogen) atoms. The Labute approximate surface area is 137 Å². The molecule has 7 nitrogen and oxygen atoms in total. The number of amides is 1. The maximum absolute atomic E-state index is 12.0. The van der Waals surface area contributed by atoms with Crippen molar-refractivity contribution in [3.63, 3.8) is 0 Å². The van der Waals surface area contributed by atoms with Crippen molar-refractivity contribution in [1.82, 2.24) is 4.98 Å². The zero-order valence-electron chi connectivity index (χ0n) is 13.3. The second kappa shape index (κ2) is 6.33. The van der Waals surface area contributed by atoms with Crippen LogP contribution < -0.4 is 4.90 Å². The fraction of sp³-hybridized carbons (Fsp3) is 0.333. The van der Waals surface area contributed by atoms with Crippen molar-refractivity contribution in [2.24, 2.45) is 0 Å². The summed E-state index contributed by atoms with van der Waals surface area (Å²) in [7, 11) is 1.55. The Balaban J connectivity index is 2.28. The van der Waals surface area contributed by atoms with Gasteiger partial charge in [-0.2, -0.15) is 0 Å². The Morgan fingerprint density at radius 1 is 1.35 bits per heavy atom. The lowest BCUT2D eigenvalue weighted by Gasteiger charge is -2.23. The smallest absolute Gasteiger partial charge is 0.416 e. The number of nitro groups is 1. The molecule has 8 heteroatoms. The molecule has 0 saturated carbocycles. The van der Waals surface area contributed by atoms with E-state index in [1.807, 2.05) is 0 Å². The van der Waals surface area contributed by atoms with Crippen molar-refractivity contribution < 1.29 is 14.5 Å². The SMILES string of the molecule is CN(C(=O)OC(C)(C)C)c1nc(-c2ccccc2[N+](=O)[O-])cs1. The highest BCUT2D eigenvalue weighted by Crippen LogP contribution is 2.33. The standard InChI is InChI=1S/C15H17N3O4S/c1-15(2,3)22-14(19)17(4)13-16-11(9-23-13)10-7-5-6-8-12(10)18(20)21/h5-9H,1-4H3. The molecule has 0 spiro atoms. The number of hydrogen-bond acceptors (Lipinski definition) is 6. The lowest BCUT2D eigenvalue weighted by atomic mass is 10.1. The highest BCUT2D eigenvalue weighted by Gasteiger charge is 2.23. The first-order chi connectivity index (χ1) is 10.7. The molecule has 1 amide bonds. The molecule has 0 fully saturated rings. The average Bonchev–Trinajstić information content (AvgIpc) is 2.94. The van der Waals surface area contributed by atoms with E-state index >= 15 is 0 Å². The fourth-order valence-electron chi connectivity index (χ4n) is 1.80. The zero-order chi connectivity index (χ0) is 17.2. The van der Waals surface area contributed by atoms with Gasteiger partial charge in [-0.05, 0) is 26.8 Å². The number of para-hydroxylation sites is 1. The third kappa shape index (κ3) is 4.04. The molecule has 0 atom stereocenters. The molecule has 0 N–H and O–H groups in total. The largest absolute Gasteiger partial charge is 0.443 e. The van der Waals surface area contributed by atoms with Gasteiger partial charge in [0.05, 0.1) is 16.2 Å². The van der Waals surface area contributed by atoms with Gasteiger partial charge in [-0.3, -0.25) is 15.0 Å². The normalized spacial score (nSPS) is 11.1. The van der Waals surface area contributed by atoms with Gasteiger partial charge in [0.1, 0.15) is 5.60 Å². The maximum Gasteiger partial charge on any atom is 0.416 e. The molecule has 1 heterocycles. The monoisotopic (exact) mass is 335 g/mol. The Hall–Kier alpha value is -2.48. The van der Waals surface area contributed by atoms with Gasteiger partial charge in [-0.1, -0.05) is 12.1 Å². The Bertz CT molecular complexity index is 736. The lowest BCUT2D eigenvalue weighted by Crippen LogP contribution is -2.34. The highest BCUT2D eigenvalue weighted by atomic mass is 32.1. The summed E-state index contributed by atoms with van der Waals surface area (Å²) in [5.41, 5.74) is 0.235. The van der Waals surface area contributed by atoms with Crippen molar-refractivity contribution in [2.45, 2.75) is 26.4 Å². The third-order valence-corrected chi connectivity index (χ3v) is 3.74. The molecule has 0 aliphatic heterocycles. The van der Waals surface area contributed by atoms with Gasteiger partial charge in [0.25, 0.3) is 5.69 Å². The first-order valence-electron chi connectivity index (χ1n) is 6.85. The van der Waals surface area contributed by atoms with Crippen molar-refractivity contribution in [3.05, 3.63) is 39.8 Å². The van der Waals surface area contributed by atoms with Crippen LogP contribution in [-0.4, -0.2) is 28.6 Å². The maximum atomic E-state index is 12.0. The van der Waals surface area contributed by atoms with Gasteiger partial charge < -0.3 is 4.74 Å². The van der Waals surface area contributed by atoms with Crippen LogP contribution in [0.3, 0.4) is 0 Å². The van der Waals surface area contributed by atoms with Crippen molar-refractivity contribution in [1.29, 1.82) is 0 Å². The van der Waals surface area contributed by atoms with Crippen LogP contribution in [0.15, 0.2) is 29.6 Å². The molecule has 2 rings (SSSR count). The van der Waals surface area contributed by atoms with E-state index in [4.69, 9.17) is 4.74 Å². The van der Waals surface area contributed by atoms with E-state index in [9.17, 15) is 14.9 Å². The minimum atomic E-state index is -0.607. The molecule has 122 valence electrons. The van der Waals surface area contributed by atoms with Crippen LogP contribution in [-0.2, 0) is 4.74 Å². The Morgan fingerprint density at radius 3 is 2.61 bits per heavy atom. The molecule has 0 bridgehead atoms. The number of nitro benzene ring substituents is 1. The minimum absolute atomic E-state index is 0.0238. The number of aromatic nitrogens is 1. The van der Waals surface area contributed by atoms with Crippen LogP contribution in [0, 0.1) is 10.1 Å². The van der Waals surface area contributed by atoms with E-state index in [1.54, 1.807) is 51.4 Å². The van der Waals surface area contributed by atoms with E-state index in [1.165, 1.54) is 22.3 Å². The van der Waals surface area contributed by atoms with E-state index < -0.39 is 16.6 Å². The van der Waals surface area contributed by atoms with Gasteiger partial charge >= 0.3 is 6.09 Å².